The van der Waals surface area contributed by atoms with E-state index in [1.807, 2.05) is 33.0 Å². The fourth-order valence-corrected chi connectivity index (χ4v) is 2.07. The van der Waals surface area contributed by atoms with Crippen molar-refractivity contribution in [2.24, 2.45) is 0 Å². The van der Waals surface area contributed by atoms with Crippen LogP contribution in [-0.4, -0.2) is 17.0 Å². The van der Waals surface area contributed by atoms with E-state index < -0.39 is 0 Å². The number of rotatable bonds is 5. The van der Waals surface area contributed by atoms with E-state index in [2.05, 4.69) is 34.3 Å². The van der Waals surface area contributed by atoms with Crippen LogP contribution in [0.3, 0.4) is 0 Å². The Kier molecular flexibility index (Phi) is 4.56. The third kappa shape index (κ3) is 3.26. The maximum absolute atomic E-state index is 5.87. The Labute approximate surface area is 120 Å². The van der Waals surface area contributed by atoms with Crippen molar-refractivity contribution < 1.29 is 4.74 Å². The fourth-order valence-electron chi connectivity index (χ4n) is 2.07. The quantitative estimate of drug-likeness (QED) is 0.896. The van der Waals surface area contributed by atoms with Crippen molar-refractivity contribution >= 4 is 5.82 Å². The van der Waals surface area contributed by atoms with Gasteiger partial charge in [0.25, 0.3) is 0 Å². The molecule has 0 spiro atoms. The predicted molar refractivity (Wildman–Crippen MR) is 81.6 cm³/mol. The Bertz CT molecular complexity index is 579. The number of aromatic nitrogens is 2. The van der Waals surface area contributed by atoms with Gasteiger partial charge in [0.2, 0.25) is 5.88 Å². The van der Waals surface area contributed by atoms with Crippen LogP contribution in [0.25, 0.3) is 0 Å². The van der Waals surface area contributed by atoms with Gasteiger partial charge in [-0.25, -0.2) is 4.98 Å². The van der Waals surface area contributed by atoms with Gasteiger partial charge in [-0.15, -0.1) is 0 Å². The first-order valence-corrected chi connectivity index (χ1v) is 6.93. The number of nitrogens with zero attached hydrogens (tertiary/aromatic N) is 2. The molecule has 0 saturated carbocycles. The molecule has 106 valence electrons. The van der Waals surface area contributed by atoms with Gasteiger partial charge >= 0.3 is 0 Å². The summed E-state index contributed by atoms with van der Waals surface area (Å²) < 4.78 is 5.87. The molecule has 0 fully saturated rings. The van der Waals surface area contributed by atoms with Crippen LogP contribution in [0.1, 0.15) is 30.3 Å². The summed E-state index contributed by atoms with van der Waals surface area (Å²) in [7, 11) is 1.85. The SMILES string of the molecule is CCCc1ccc(Oc2nc(C)nc(NC)c2C)cc1. The first kappa shape index (κ1) is 14.3. The first-order valence-electron chi connectivity index (χ1n) is 6.93. The van der Waals surface area contributed by atoms with E-state index in [1.165, 1.54) is 5.56 Å². The number of anilines is 1. The summed E-state index contributed by atoms with van der Waals surface area (Å²) in [5.41, 5.74) is 2.24. The van der Waals surface area contributed by atoms with Crippen LogP contribution >= 0.6 is 0 Å². The average molecular weight is 271 g/mol. The van der Waals surface area contributed by atoms with E-state index in [1.54, 1.807) is 0 Å². The second-order valence-corrected chi connectivity index (χ2v) is 4.80. The van der Waals surface area contributed by atoms with Gasteiger partial charge in [0.05, 0.1) is 5.56 Å². The average Bonchev–Trinajstić information content (AvgIpc) is 2.45. The zero-order valence-electron chi connectivity index (χ0n) is 12.5. The van der Waals surface area contributed by atoms with Gasteiger partial charge in [-0.05, 0) is 38.0 Å². The Morgan fingerprint density at radius 3 is 2.40 bits per heavy atom. The lowest BCUT2D eigenvalue weighted by molar-refractivity contribution is 0.456. The largest absolute Gasteiger partial charge is 0.439 e. The fraction of sp³-hybridized carbons (Fsp3) is 0.375. The molecule has 0 aliphatic heterocycles. The highest BCUT2D eigenvalue weighted by molar-refractivity contribution is 5.49. The second-order valence-electron chi connectivity index (χ2n) is 4.80. The molecule has 0 aliphatic rings. The van der Waals surface area contributed by atoms with Gasteiger partial charge in [-0.2, -0.15) is 4.98 Å². The molecular weight excluding hydrogens is 250 g/mol. The van der Waals surface area contributed by atoms with E-state index in [-0.39, 0.29) is 0 Å². The summed E-state index contributed by atoms with van der Waals surface area (Å²) in [5.74, 6) is 2.89. The number of nitrogens with one attached hydrogen (secondary N) is 1. The summed E-state index contributed by atoms with van der Waals surface area (Å²) in [4.78, 5) is 8.69. The third-order valence-corrected chi connectivity index (χ3v) is 3.13. The molecule has 20 heavy (non-hydrogen) atoms. The Morgan fingerprint density at radius 1 is 1.10 bits per heavy atom. The maximum Gasteiger partial charge on any atom is 0.227 e. The maximum atomic E-state index is 5.87. The van der Waals surface area contributed by atoms with E-state index in [0.717, 1.165) is 30.0 Å². The van der Waals surface area contributed by atoms with E-state index in [0.29, 0.717) is 11.7 Å². The van der Waals surface area contributed by atoms with Gasteiger partial charge in [-0.1, -0.05) is 25.5 Å². The third-order valence-electron chi connectivity index (χ3n) is 3.13. The molecule has 0 amide bonds. The Balaban J connectivity index is 2.23. The monoisotopic (exact) mass is 271 g/mol. The number of aryl methyl sites for hydroxylation is 2. The van der Waals surface area contributed by atoms with Gasteiger partial charge in [-0.3, -0.25) is 0 Å². The van der Waals surface area contributed by atoms with E-state index in [9.17, 15) is 0 Å². The molecule has 1 heterocycles. The number of hydrogen-bond donors (Lipinski definition) is 1. The van der Waals surface area contributed by atoms with Crippen molar-refractivity contribution in [3.8, 4) is 11.6 Å². The van der Waals surface area contributed by atoms with Crippen LogP contribution < -0.4 is 10.1 Å². The minimum atomic E-state index is 0.602. The van der Waals surface area contributed by atoms with Gasteiger partial charge in [0, 0.05) is 7.05 Å². The molecule has 4 nitrogen and oxygen atoms in total. The predicted octanol–water partition coefficient (Wildman–Crippen LogP) is 3.88. The summed E-state index contributed by atoms with van der Waals surface area (Å²) in [5, 5.41) is 3.06. The van der Waals surface area contributed by atoms with E-state index in [4.69, 9.17) is 4.74 Å². The van der Waals surface area contributed by atoms with Crippen LogP contribution in [-0.2, 0) is 6.42 Å². The summed E-state index contributed by atoms with van der Waals surface area (Å²) in [6.45, 7) is 5.99. The number of hydrogen-bond acceptors (Lipinski definition) is 4. The smallest absolute Gasteiger partial charge is 0.227 e. The number of benzene rings is 1. The van der Waals surface area contributed by atoms with Crippen molar-refractivity contribution in [1.82, 2.24) is 9.97 Å². The first-order chi connectivity index (χ1) is 9.63. The highest BCUT2D eigenvalue weighted by Gasteiger charge is 2.10. The minimum Gasteiger partial charge on any atom is -0.439 e. The van der Waals surface area contributed by atoms with Crippen molar-refractivity contribution in [3.63, 3.8) is 0 Å². The van der Waals surface area contributed by atoms with Crippen LogP contribution in [0.4, 0.5) is 5.82 Å². The summed E-state index contributed by atoms with van der Waals surface area (Å²) in [6.07, 6.45) is 2.24. The number of ether oxygens (including phenoxy) is 1. The Hall–Kier alpha value is -2.10. The van der Waals surface area contributed by atoms with Crippen molar-refractivity contribution in [1.29, 1.82) is 0 Å². The lowest BCUT2D eigenvalue weighted by Crippen LogP contribution is -2.02. The normalized spacial score (nSPS) is 10.4. The molecule has 4 heteroatoms. The zero-order chi connectivity index (χ0) is 14.5. The van der Waals surface area contributed by atoms with Crippen LogP contribution in [0.2, 0.25) is 0 Å². The molecule has 0 saturated heterocycles. The summed E-state index contributed by atoms with van der Waals surface area (Å²) in [6, 6.07) is 8.17. The molecule has 0 aliphatic carbocycles. The molecule has 1 N–H and O–H groups in total. The second kappa shape index (κ2) is 6.37. The molecule has 2 aromatic rings. The van der Waals surface area contributed by atoms with Crippen LogP contribution in [0.5, 0.6) is 11.6 Å². The van der Waals surface area contributed by atoms with Gasteiger partial charge in [0.1, 0.15) is 17.4 Å². The van der Waals surface area contributed by atoms with Crippen LogP contribution in [0, 0.1) is 13.8 Å². The van der Waals surface area contributed by atoms with Crippen molar-refractivity contribution in [3.05, 3.63) is 41.2 Å². The highest BCUT2D eigenvalue weighted by Crippen LogP contribution is 2.27. The lowest BCUT2D eigenvalue weighted by Gasteiger charge is -2.12. The molecular formula is C16H21N3O. The van der Waals surface area contributed by atoms with Gasteiger partial charge in [0.15, 0.2) is 0 Å². The standard InChI is InChI=1S/C16H21N3O/c1-5-6-13-7-9-14(10-8-13)20-16-11(2)15(17-4)18-12(3)19-16/h7-10H,5-6H2,1-4H3,(H,17,18,19). The lowest BCUT2D eigenvalue weighted by atomic mass is 10.1. The molecule has 2 rings (SSSR count). The Morgan fingerprint density at radius 2 is 1.80 bits per heavy atom. The van der Waals surface area contributed by atoms with Crippen molar-refractivity contribution in [2.45, 2.75) is 33.6 Å². The molecule has 1 aromatic heterocycles. The van der Waals surface area contributed by atoms with Crippen molar-refractivity contribution in [2.75, 3.05) is 12.4 Å². The topological polar surface area (TPSA) is 47.0 Å². The van der Waals surface area contributed by atoms with Gasteiger partial charge < -0.3 is 10.1 Å². The molecule has 1 aromatic carbocycles. The molecule has 0 radical (unpaired) electrons. The van der Waals surface area contributed by atoms with Crippen LogP contribution in [0.15, 0.2) is 24.3 Å². The molecule has 0 atom stereocenters. The van der Waals surface area contributed by atoms with E-state index >= 15 is 0 Å². The minimum absolute atomic E-state index is 0.602. The molecule has 0 bridgehead atoms. The zero-order valence-corrected chi connectivity index (χ0v) is 12.5. The summed E-state index contributed by atoms with van der Waals surface area (Å²) >= 11 is 0. The highest BCUT2D eigenvalue weighted by atomic mass is 16.5. The molecule has 0 unspecified atom stereocenters.